The second kappa shape index (κ2) is 5.50. The third kappa shape index (κ3) is 2.60. The predicted octanol–water partition coefficient (Wildman–Crippen LogP) is 1.72. The van der Waals surface area contributed by atoms with Crippen LogP contribution in [0.3, 0.4) is 0 Å². The molecule has 0 radical (unpaired) electrons. The summed E-state index contributed by atoms with van der Waals surface area (Å²) < 4.78 is 27.2. The zero-order valence-electron chi connectivity index (χ0n) is 10.5. The van der Waals surface area contributed by atoms with Crippen molar-refractivity contribution in [2.45, 2.75) is 35.9 Å². The summed E-state index contributed by atoms with van der Waals surface area (Å²) >= 11 is 3.09. The van der Waals surface area contributed by atoms with Gasteiger partial charge in [0.2, 0.25) is 0 Å². The standard InChI is InChI=1S/C11H18N2O2S3/c1-8-9(2)16-4-3-13(8)18(14,15)11-5-10(6-12)7-17-11/h5,7-9H,3-4,6,12H2,1-2H3. The molecule has 0 saturated carbocycles. The van der Waals surface area contributed by atoms with Gasteiger partial charge in [0.25, 0.3) is 10.0 Å². The SMILES string of the molecule is CC1SCCN(S(=O)(=O)c2cc(CN)cs2)C1C. The number of thiophene rings is 1. The van der Waals surface area contributed by atoms with E-state index in [0.29, 0.717) is 22.5 Å². The Labute approximate surface area is 117 Å². The van der Waals surface area contributed by atoms with Crippen molar-refractivity contribution >= 4 is 33.1 Å². The van der Waals surface area contributed by atoms with Crippen molar-refractivity contribution < 1.29 is 8.42 Å². The summed E-state index contributed by atoms with van der Waals surface area (Å²) in [6, 6.07) is 1.73. The van der Waals surface area contributed by atoms with Gasteiger partial charge in [0, 0.05) is 30.1 Å². The van der Waals surface area contributed by atoms with Gasteiger partial charge in [-0.05, 0) is 23.9 Å². The largest absolute Gasteiger partial charge is 0.326 e. The summed E-state index contributed by atoms with van der Waals surface area (Å²) in [6.07, 6.45) is 0. The van der Waals surface area contributed by atoms with Crippen LogP contribution < -0.4 is 5.73 Å². The Bertz CT molecular complexity index is 512. The Balaban J connectivity index is 2.30. The molecule has 2 heterocycles. The Hall–Kier alpha value is -0.0800. The monoisotopic (exact) mass is 306 g/mol. The van der Waals surface area contributed by atoms with Crippen LogP contribution in [0, 0.1) is 0 Å². The zero-order chi connectivity index (χ0) is 13.3. The highest BCUT2D eigenvalue weighted by Gasteiger charge is 2.35. The molecule has 4 nitrogen and oxygen atoms in total. The van der Waals surface area contributed by atoms with Gasteiger partial charge in [0.1, 0.15) is 4.21 Å². The van der Waals surface area contributed by atoms with E-state index in [1.165, 1.54) is 11.3 Å². The van der Waals surface area contributed by atoms with Gasteiger partial charge in [-0.1, -0.05) is 6.92 Å². The van der Waals surface area contributed by atoms with Crippen LogP contribution >= 0.6 is 23.1 Å². The van der Waals surface area contributed by atoms with E-state index in [1.54, 1.807) is 10.4 Å². The molecule has 1 aliphatic heterocycles. The number of thioether (sulfide) groups is 1. The van der Waals surface area contributed by atoms with Crippen LogP contribution in [-0.4, -0.2) is 36.3 Å². The Morgan fingerprint density at radius 1 is 1.50 bits per heavy atom. The van der Waals surface area contributed by atoms with E-state index in [4.69, 9.17) is 5.73 Å². The third-order valence-corrected chi connectivity index (χ3v) is 8.04. The van der Waals surface area contributed by atoms with Crippen LogP contribution in [-0.2, 0) is 16.6 Å². The minimum absolute atomic E-state index is 0.0391. The molecule has 1 fully saturated rings. The lowest BCUT2D eigenvalue weighted by Crippen LogP contribution is -2.47. The van der Waals surface area contributed by atoms with Gasteiger partial charge >= 0.3 is 0 Å². The Kier molecular flexibility index (Phi) is 4.38. The van der Waals surface area contributed by atoms with E-state index in [-0.39, 0.29) is 6.04 Å². The van der Waals surface area contributed by atoms with E-state index in [2.05, 4.69) is 6.92 Å². The van der Waals surface area contributed by atoms with Gasteiger partial charge < -0.3 is 5.73 Å². The second-order valence-electron chi connectivity index (χ2n) is 4.41. The quantitative estimate of drug-likeness (QED) is 0.923. The van der Waals surface area contributed by atoms with Crippen molar-refractivity contribution in [3.8, 4) is 0 Å². The highest BCUT2D eigenvalue weighted by atomic mass is 32.2. The van der Waals surface area contributed by atoms with Crippen LogP contribution in [0.5, 0.6) is 0 Å². The number of nitrogens with zero attached hydrogens (tertiary/aromatic N) is 1. The average molecular weight is 306 g/mol. The summed E-state index contributed by atoms with van der Waals surface area (Å²) in [5.74, 6) is 0.861. The van der Waals surface area contributed by atoms with Crippen molar-refractivity contribution in [2.75, 3.05) is 12.3 Å². The van der Waals surface area contributed by atoms with E-state index in [0.717, 1.165) is 11.3 Å². The average Bonchev–Trinajstić information content (AvgIpc) is 2.81. The van der Waals surface area contributed by atoms with Crippen molar-refractivity contribution in [3.63, 3.8) is 0 Å². The van der Waals surface area contributed by atoms with Gasteiger partial charge in [0.05, 0.1) is 0 Å². The molecule has 1 aromatic heterocycles. The molecule has 102 valence electrons. The van der Waals surface area contributed by atoms with Gasteiger partial charge in [-0.15, -0.1) is 11.3 Å². The molecule has 0 bridgehead atoms. The number of sulfonamides is 1. The molecular formula is C11H18N2O2S3. The summed E-state index contributed by atoms with van der Waals surface area (Å²) in [5, 5.41) is 2.15. The minimum atomic E-state index is -3.35. The number of hydrogen-bond donors (Lipinski definition) is 1. The molecule has 2 rings (SSSR count). The van der Waals surface area contributed by atoms with Gasteiger partial charge in [-0.25, -0.2) is 8.42 Å². The molecule has 0 aromatic carbocycles. The number of hydrogen-bond acceptors (Lipinski definition) is 5. The highest BCUT2D eigenvalue weighted by molar-refractivity contribution is 8.00. The highest BCUT2D eigenvalue weighted by Crippen LogP contribution is 2.31. The summed E-state index contributed by atoms with van der Waals surface area (Å²) in [6.45, 7) is 5.03. The molecule has 0 spiro atoms. The van der Waals surface area contributed by atoms with Crippen LogP contribution in [0.4, 0.5) is 0 Å². The molecule has 0 amide bonds. The molecule has 1 aromatic rings. The van der Waals surface area contributed by atoms with E-state index < -0.39 is 10.0 Å². The van der Waals surface area contributed by atoms with Crippen LogP contribution in [0.15, 0.2) is 15.7 Å². The van der Waals surface area contributed by atoms with Crippen molar-refractivity contribution in [1.29, 1.82) is 0 Å². The molecule has 0 aliphatic carbocycles. The maximum absolute atomic E-state index is 12.6. The lowest BCUT2D eigenvalue weighted by molar-refractivity contribution is 0.341. The molecule has 7 heteroatoms. The minimum Gasteiger partial charge on any atom is -0.326 e. The number of nitrogens with two attached hydrogens (primary N) is 1. The molecule has 2 N–H and O–H groups in total. The Morgan fingerprint density at radius 3 is 2.83 bits per heavy atom. The van der Waals surface area contributed by atoms with Gasteiger partial charge in [-0.3, -0.25) is 0 Å². The first kappa shape index (κ1) is 14.3. The fourth-order valence-corrected chi connectivity index (χ4v) is 6.30. The molecule has 18 heavy (non-hydrogen) atoms. The first-order valence-electron chi connectivity index (χ1n) is 5.87. The molecule has 2 atom stereocenters. The van der Waals surface area contributed by atoms with Crippen LogP contribution in [0.1, 0.15) is 19.4 Å². The maximum Gasteiger partial charge on any atom is 0.252 e. The first-order chi connectivity index (χ1) is 8.46. The molecule has 1 aliphatic rings. The fourth-order valence-electron chi connectivity index (χ4n) is 1.96. The van der Waals surface area contributed by atoms with Crippen molar-refractivity contribution in [3.05, 3.63) is 17.0 Å². The van der Waals surface area contributed by atoms with Crippen molar-refractivity contribution in [1.82, 2.24) is 4.31 Å². The maximum atomic E-state index is 12.6. The normalized spacial score (nSPS) is 26.4. The van der Waals surface area contributed by atoms with Gasteiger partial charge in [0.15, 0.2) is 0 Å². The second-order valence-corrected chi connectivity index (χ2v) is 8.92. The van der Waals surface area contributed by atoms with E-state index >= 15 is 0 Å². The lowest BCUT2D eigenvalue weighted by atomic mass is 10.2. The summed E-state index contributed by atoms with van der Waals surface area (Å²) in [5.41, 5.74) is 6.41. The number of rotatable bonds is 3. The van der Waals surface area contributed by atoms with Crippen LogP contribution in [0.2, 0.25) is 0 Å². The van der Waals surface area contributed by atoms with Crippen LogP contribution in [0.25, 0.3) is 0 Å². The Morgan fingerprint density at radius 2 is 2.22 bits per heavy atom. The smallest absolute Gasteiger partial charge is 0.252 e. The third-order valence-electron chi connectivity index (χ3n) is 3.25. The fraction of sp³-hybridized carbons (Fsp3) is 0.636. The molecule has 1 saturated heterocycles. The summed E-state index contributed by atoms with van der Waals surface area (Å²) in [4.78, 5) is 0. The lowest BCUT2D eigenvalue weighted by Gasteiger charge is -2.35. The molecule has 2 unspecified atom stereocenters. The predicted molar refractivity (Wildman–Crippen MR) is 77.5 cm³/mol. The topological polar surface area (TPSA) is 63.4 Å². The van der Waals surface area contributed by atoms with Crippen molar-refractivity contribution in [2.24, 2.45) is 5.73 Å². The zero-order valence-corrected chi connectivity index (χ0v) is 12.9. The molecular weight excluding hydrogens is 288 g/mol. The van der Waals surface area contributed by atoms with Gasteiger partial charge in [-0.2, -0.15) is 16.1 Å². The first-order valence-corrected chi connectivity index (χ1v) is 9.24. The van der Waals surface area contributed by atoms with E-state index in [1.807, 2.05) is 24.1 Å². The van der Waals surface area contributed by atoms with E-state index in [9.17, 15) is 8.42 Å². The summed E-state index contributed by atoms with van der Waals surface area (Å²) in [7, 11) is -3.35.